The number of rotatable bonds is 6. The van der Waals surface area contributed by atoms with Crippen molar-refractivity contribution >= 4 is 23.6 Å². The molecule has 2 amide bonds. The lowest BCUT2D eigenvalue weighted by atomic mass is 9.85. The number of fused-ring (bicyclic) bond motifs is 1. The molecule has 0 bridgehead atoms. The quantitative estimate of drug-likeness (QED) is 0.772. The molecule has 0 atom stereocenters. The van der Waals surface area contributed by atoms with E-state index in [9.17, 15) is 9.59 Å². The van der Waals surface area contributed by atoms with Gasteiger partial charge in [0, 0.05) is 25.2 Å². The first-order chi connectivity index (χ1) is 12.9. The van der Waals surface area contributed by atoms with Gasteiger partial charge in [0.1, 0.15) is 5.75 Å². The molecule has 0 unspecified atom stereocenters. The number of ether oxygens (including phenoxy) is 1. The molecule has 1 aliphatic heterocycles. The largest absolute Gasteiger partial charge is 0.495 e. The topological polar surface area (TPSA) is 82.1 Å². The molecule has 1 aliphatic carbocycles. The molecule has 1 heterocycles. The average Bonchev–Trinajstić information content (AvgIpc) is 2.61. The molecular weight excluding hydrogens is 370 g/mol. The lowest BCUT2D eigenvalue weighted by Crippen LogP contribution is -2.57. The van der Waals surface area contributed by atoms with E-state index in [1.165, 1.54) is 0 Å². The van der Waals surface area contributed by atoms with Crippen molar-refractivity contribution in [1.29, 1.82) is 0 Å². The first kappa shape index (κ1) is 19.8. The summed E-state index contributed by atoms with van der Waals surface area (Å²) in [4.78, 5) is 27.2. The van der Waals surface area contributed by atoms with Gasteiger partial charge >= 0.3 is 12.0 Å². The third-order valence-electron chi connectivity index (χ3n) is 5.48. The number of likely N-dealkylation sites (N-methyl/N-ethyl adjacent to an activating group) is 1. The van der Waals surface area contributed by atoms with Crippen LogP contribution in [0.2, 0.25) is 5.02 Å². The molecule has 1 saturated carbocycles. The molecule has 27 heavy (non-hydrogen) atoms. The molecule has 0 radical (unpaired) electrons. The summed E-state index contributed by atoms with van der Waals surface area (Å²) in [7, 11) is 1.60. The molecule has 148 valence electrons. The number of carbonyl (C=O) groups excluding carboxylic acids is 1. The lowest BCUT2D eigenvalue weighted by Gasteiger charge is -2.43. The Labute approximate surface area is 164 Å². The monoisotopic (exact) mass is 395 g/mol. The molecular formula is C19H26ClN3O4. The molecule has 3 rings (SSSR count). The van der Waals surface area contributed by atoms with E-state index < -0.39 is 5.97 Å². The third kappa shape index (κ3) is 4.47. The van der Waals surface area contributed by atoms with Crippen molar-refractivity contribution in [3.63, 3.8) is 0 Å². The predicted octanol–water partition coefficient (Wildman–Crippen LogP) is 2.35. The van der Waals surface area contributed by atoms with Crippen LogP contribution in [0.25, 0.3) is 0 Å². The van der Waals surface area contributed by atoms with Gasteiger partial charge in [0.2, 0.25) is 0 Å². The number of halogens is 1. The van der Waals surface area contributed by atoms with Crippen LogP contribution in [-0.2, 0) is 17.8 Å². The minimum atomic E-state index is -0.813. The molecule has 1 fully saturated rings. The van der Waals surface area contributed by atoms with Crippen molar-refractivity contribution in [2.24, 2.45) is 0 Å². The number of carboxylic acids is 1. The lowest BCUT2D eigenvalue weighted by molar-refractivity contribution is -0.139. The Morgan fingerprint density at radius 1 is 1.37 bits per heavy atom. The van der Waals surface area contributed by atoms with Gasteiger partial charge in [-0.2, -0.15) is 0 Å². The summed E-state index contributed by atoms with van der Waals surface area (Å²) in [5.74, 6) is -0.151. The molecule has 8 heteroatoms. The molecule has 0 aromatic heterocycles. The highest BCUT2D eigenvalue weighted by atomic mass is 35.5. The predicted molar refractivity (Wildman–Crippen MR) is 102 cm³/mol. The van der Waals surface area contributed by atoms with Gasteiger partial charge in [-0.1, -0.05) is 18.5 Å². The number of hydrogen-bond acceptors (Lipinski definition) is 4. The van der Waals surface area contributed by atoms with E-state index in [4.69, 9.17) is 21.4 Å². The van der Waals surface area contributed by atoms with Crippen LogP contribution in [0.3, 0.4) is 0 Å². The number of carboxylic acid groups (broad SMARTS) is 1. The van der Waals surface area contributed by atoms with Crippen molar-refractivity contribution in [3.8, 4) is 5.75 Å². The van der Waals surface area contributed by atoms with E-state index in [0.29, 0.717) is 30.4 Å². The molecule has 1 aromatic carbocycles. The standard InChI is InChI=1S/C19H26ClN3O4/c1-3-22(11-18(24)25)15-8-14(9-15)21-19(26)23-5-4-12-7-17(27-2)16(20)6-13(12)10-23/h6-7,14-15H,3-5,8-11H2,1-2H3,(H,21,26)(H,24,25). The molecule has 0 spiro atoms. The van der Waals surface area contributed by atoms with Gasteiger partial charge in [0.25, 0.3) is 0 Å². The van der Waals surface area contributed by atoms with E-state index in [0.717, 1.165) is 30.4 Å². The van der Waals surface area contributed by atoms with Crippen molar-refractivity contribution in [1.82, 2.24) is 15.1 Å². The zero-order valence-corrected chi connectivity index (χ0v) is 16.5. The maximum atomic E-state index is 12.6. The van der Waals surface area contributed by atoms with E-state index in [1.54, 1.807) is 12.0 Å². The summed E-state index contributed by atoms with van der Waals surface area (Å²) in [5.41, 5.74) is 2.21. The van der Waals surface area contributed by atoms with Gasteiger partial charge in [-0.05, 0) is 49.1 Å². The maximum Gasteiger partial charge on any atom is 0.317 e. The summed E-state index contributed by atoms with van der Waals surface area (Å²) < 4.78 is 5.26. The van der Waals surface area contributed by atoms with Crippen molar-refractivity contribution in [3.05, 3.63) is 28.3 Å². The van der Waals surface area contributed by atoms with Crippen molar-refractivity contribution < 1.29 is 19.4 Å². The molecule has 7 nitrogen and oxygen atoms in total. The van der Waals surface area contributed by atoms with Crippen LogP contribution < -0.4 is 10.1 Å². The first-order valence-corrected chi connectivity index (χ1v) is 9.65. The molecule has 0 saturated heterocycles. The number of aliphatic carboxylic acids is 1. The fourth-order valence-corrected chi connectivity index (χ4v) is 4.09. The summed E-state index contributed by atoms with van der Waals surface area (Å²) in [6, 6.07) is 4.08. The van der Waals surface area contributed by atoms with Crippen LogP contribution in [0.1, 0.15) is 30.9 Å². The Kier molecular flexibility index (Phi) is 6.11. The van der Waals surface area contributed by atoms with Crippen LogP contribution >= 0.6 is 11.6 Å². The number of carbonyl (C=O) groups is 2. The van der Waals surface area contributed by atoms with Crippen molar-refractivity contribution in [2.75, 3.05) is 26.7 Å². The first-order valence-electron chi connectivity index (χ1n) is 9.27. The van der Waals surface area contributed by atoms with Gasteiger partial charge in [0.05, 0.1) is 18.7 Å². The highest BCUT2D eigenvalue weighted by molar-refractivity contribution is 6.32. The Morgan fingerprint density at radius 2 is 2.11 bits per heavy atom. The molecule has 2 aliphatic rings. The SMILES string of the molecule is CCN(CC(=O)O)C1CC(NC(=O)N2CCc3cc(OC)c(Cl)cc3C2)C1. The second kappa shape index (κ2) is 8.35. The normalized spacial score (nSPS) is 21.4. The van der Waals surface area contributed by atoms with Gasteiger partial charge in [-0.3, -0.25) is 9.69 Å². The Morgan fingerprint density at radius 3 is 2.74 bits per heavy atom. The zero-order valence-electron chi connectivity index (χ0n) is 15.7. The van der Waals surface area contributed by atoms with Crippen LogP contribution in [0.5, 0.6) is 5.75 Å². The van der Waals surface area contributed by atoms with Crippen LogP contribution in [0.4, 0.5) is 4.79 Å². The Hall–Kier alpha value is -1.99. The number of urea groups is 1. The van der Waals surface area contributed by atoms with E-state index >= 15 is 0 Å². The summed E-state index contributed by atoms with van der Waals surface area (Å²) in [6.07, 6.45) is 2.35. The minimum Gasteiger partial charge on any atom is -0.495 e. The zero-order chi connectivity index (χ0) is 19.6. The number of nitrogens with zero attached hydrogens (tertiary/aromatic N) is 2. The molecule has 1 aromatic rings. The van der Waals surface area contributed by atoms with Crippen LogP contribution in [-0.4, -0.2) is 65.7 Å². The smallest absolute Gasteiger partial charge is 0.317 e. The van der Waals surface area contributed by atoms with E-state index in [2.05, 4.69) is 5.32 Å². The summed E-state index contributed by atoms with van der Waals surface area (Å²) in [6.45, 7) is 3.89. The third-order valence-corrected chi connectivity index (χ3v) is 5.77. The number of methoxy groups -OCH3 is 1. The fraction of sp³-hybridized carbons (Fsp3) is 0.579. The summed E-state index contributed by atoms with van der Waals surface area (Å²) >= 11 is 6.21. The fourth-order valence-electron chi connectivity index (χ4n) is 3.83. The Bertz CT molecular complexity index is 721. The number of hydrogen-bond donors (Lipinski definition) is 2. The number of benzene rings is 1. The summed E-state index contributed by atoms with van der Waals surface area (Å²) in [5, 5.41) is 12.6. The molecule has 2 N–H and O–H groups in total. The van der Waals surface area contributed by atoms with Gasteiger partial charge in [-0.25, -0.2) is 4.79 Å². The second-order valence-corrected chi connectivity index (χ2v) is 7.56. The second-order valence-electron chi connectivity index (χ2n) is 7.16. The minimum absolute atomic E-state index is 0.0506. The van der Waals surface area contributed by atoms with Crippen LogP contribution in [0.15, 0.2) is 12.1 Å². The highest BCUT2D eigenvalue weighted by Crippen LogP contribution is 2.31. The Balaban J connectivity index is 1.52. The average molecular weight is 396 g/mol. The van der Waals surface area contributed by atoms with E-state index in [-0.39, 0.29) is 24.7 Å². The highest BCUT2D eigenvalue weighted by Gasteiger charge is 2.35. The van der Waals surface area contributed by atoms with E-state index in [1.807, 2.05) is 24.0 Å². The van der Waals surface area contributed by atoms with Crippen molar-refractivity contribution in [2.45, 2.75) is 44.8 Å². The maximum absolute atomic E-state index is 12.6. The number of amides is 2. The number of nitrogens with one attached hydrogen (secondary N) is 1. The van der Waals surface area contributed by atoms with Crippen LogP contribution in [0, 0.1) is 0 Å². The van der Waals surface area contributed by atoms with Gasteiger partial charge in [-0.15, -0.1) is 0 Å². The van der Waals surface area contributed by atoms with Gasteiger partial charge in [0.15, 0.2) is 0 Å². The van der Waals surface area contributed by atoms with Gasteiger partial charge < -0.3 is 20.1 Å².